The van der Waals surface area contributed by atoms with E-state index in [4.69, 9.17) is 14.2 Å². The van der Waals surface area contributed by atoms with E-state index in [0.717, 1.165) is 15.4 Å². The second-order valence-electron chi connectivity index (χ2n) is 10.3. The SMILES string of the molecule is COc1ccc(N2C(=O)N(c3ccc(OC)cc3)C3(CCC=C3C(=O)N3C(=O)OC[C@@H]3Cc3ccccc3)C2=O)cc1. The van der Waals surface area contributed by atoms with Gasteiger partial charge in [0.15, 0.2) is 5.54 Å². The second kappa shape index (κ2) is 10.7. The predicted octanol–water partition coefficient (Wildman–Crippen LogP) is 4.73. The summed E-state index contributed by atoms with van der Waals surface area (Å²) in [6, 6.07) is 21.6. The Morgan fingerprint density at radius 1 is 0.881 bits per heavy atom. The molecule has 2 aliphatic heterocycles. The molecule has 1 unspecified atom stereocenters. The van der Waals surface area contributed by atoms with Crippen LogP contribution in [0.2, 0.25) is 0 Å². The Morgan fingerprint density at radius 3 is 2.12 bits per heavy atom. The first-order chi connectivity index (χ1) is 20.4. The molecule has 10 nitrogen and oxygen atoms in total. The number of urea groups is 1. The molecule has 5 amide bonds. The zero-order chi connectivity index (χ0) is 29.4. The van der Waals surface area contributed by atoms with Gasteiger partial charge < -0.3 is 14.2 Å². The van der Waals surface area contributed by atoms with E-state index in [1.807, 2.05) is 30.3 Å². The highest BCUT2D eigenvalue weighted by molar-refractivity contribution is 6.34. The number of anilines is 2. The van der Waals surface area contributed by atoms with Crippen LogP contribution in [0.1, 0.15) is 18.4 Å². The summed E-state index contributed by atoms with van der Waals surface area (Å²) in [4.78, 5) is 59.4. The summed E-state index contributed by atoms with van der Waals surface area (Å²) in [5, 5.41) is 0. The maximum atomic E-state index is 14.5. The molecule has 3 aliphatic rings. The lowest BCUT2D eigenvalue weighted by Crippen LogP contribution is -2.55. The van der Waals surface area contributed by atoms with Crippen molar-refractivity contribution in [1.82, 2.24) is 4.90 Å². The maximum absolute atomic E-state index is 14.5. The Balaban J connectivity index is 1.42. The first kappa shape index (κ1) is 27.1. The first-order valence-electron chi connectivity index (χ1n) is 13.6. The van der Waals surface area contributed by atoms with Crippen LogP contribution in [0.15, 0.2) is 90.5 Å². The van der Waals surface area contributed by atoms with Crippen molar-refractivity contribution >= 4 is 35.3 Å². The molecule has 42 heavy (non-hydrogen) atoms. The summed E-state index contributed by atoms with van der Waals surface area (Å²) in [5.41, 5.74) is 0.0945. The standard InChI is InChI=1S/C32H29N3O7/c1-40-25-14-10-22(11-15-25)34-29(37)32(35(30(34)38)23-12-16-26(41-2)17-13-23)18-6-9-27(32)28(36)33-24(20-42-31(33)39)19-21-7-4-3-5-8-21/h3-5,7-17,24H,6,18-20H2,1-2H3/t24-,32?/m0/s1. The molecule has 0 bridgehead atoms. The molecule has 1 aliphatic carbocycles. The van der Waals surface area contributed by atoms with E-state index < -0.39 is 35.5 Å². The molecule has 10 heteroatoms. The number of carbonyl (C=O) groups is 4. The van der Waals surface area contributed by atoms with Crippen molar-refractivity contribution in [2.45, 2.75) is 30.8 Å². The lowest BCUT2D eigenvalue weighted by Gasteiger charge is -2.35. The molecule has 3 aromatic carbocycles. The lowest BCUT2D eigenvalue weighted by atomic mass is 9.87. The minimum Gasteiger partial charge on any atom is -0.497 e. The van der Waals surface area contributed by atoms with Crippen LogP contribution in [0.5, 0.6) is 11.5 Å². The van der Waals surface area contributed by atoms with Crippen LogP contribution in [-0.2, 0) is 20.7 Å². The highest BCUT2D eigenvalue weighted by Gasteiger charge is 2.64. The fraction of sp³-hybridized carbons (Fsp3) is 0.250. The van der Waals surface area contributed by atoms with Crippen LogP contribution in [0, 0.1) is 0 Å². The molecule has 0 N–H and O–H groups in total. The van der Waals surface area contributed by atoms with Crippen molar-refractivity contribution in [1.29, 1.82) is 0 Å². The summed E-state index contributed by atoms with van der Waals surface area (Å²) in [6.07, 6.45) is 1.81. The third-order valence-electron chi connectivity index (χ3n) is 8.01. The Kier molecular flexibility index (Phi) is 6.89. The average Bonchev–Trinajstić information content (AvgIpc) is 3.68. The number of hydrogen-bond acceptors (Lipinski definition) is 7. The van der Waals surface area contributed by atoms with Crippen molar-refractivity contribution in [3.8, 4) is 11.5 Å². The fourth-order valence-corrected chi connectivity index (χ4v) is 5.97. The monoisotopic (exact) mass is 567 g/mol. The van der Waals surface area contributed by atoms with Gasteiger partial charge in [0.1, 0.15) is 18.1 Å². The molecule has 0 radical (unpaired) electrons. The summed E-state index contributed by atoms with van der Waals surface area (Å²) < 4.78 is 15.9. The summed E-state index contributed by atoms with van der Waals surface area (Å²) in [5.74, 6) is -0.0854. The molecule has 1 spiro atoms. The van der Waals surface area contributed by atoms with Gasteiger partial charge in [0, 0.05) is 11.3 Å². The predicted molar refractivity (Wildman–Crippen MR) is 154 cm³/mol. The van der Waals surface area contributed by atoms with Gasteiger partial charge in [-0.3, -0.25) is 14.5 Å². The van der Waals surface area contributed by atoms with E-state index in [1.165, 1.54) is 19.1 Å². The van der Waals surface area contributed by atoms with E-state index in [9.17, 15) is 19.2 Å². The minimum absolute atomic E-state index is 0.0345. The van der Waals surface area contributed by atoms with Gasteiger partial charge in [-0.1, -0.05) is 36.4 Å². The number of nitrogens with zero attached hydrogens (tertiary/aromatic N) is 3. The molecule has 3 aromatic rings. The number of allylic oxidation sites excluding steroid dienone is 1. The first-order valence-corrected chi connectivity index (χ1v) is 13.6. The van der Waals surface area contributed by atoms with Crippen molar-refractivity contribution in [3.05, 3.63) is 96.1 Å². The lowest BCUT2D eigenvalue weighted by molar-refractivity contribution is -0.128. The highest BCUT2D eigenvalue weighted by atomic mass is 16.6. The van der Waals surface area contributed by atoms with Crippen molar-refractivity contribution in [2.75, 3.05) is 30.6 Å². The molecular weight excluding hydrogens is 538 g/mol. The molecule has 2 saturated heterocycles. The van der Waals surface area contributed by atoms with Gasteiger partial charge in [0.05, 0.1) is 25.9 Å². The molecule has 2 atom stereocenters. The summed E-state index contributed by atoms with van der Waals surface area (Å²) >= 11 is 0. The third-order valence-corrected chi connectivity index (χ3v) is 8.01. The van der Waals surface area contributed by atoms with Gasteiger partial charge in [0.25, 0.3) is 11.8 Å². The summed E-state index contributed by atoms with van der Waals surface area (Å²) in [7, 11) is 3.06. The average molecular weight is 568 g/mol. The summed E-state index contributed by atoms with van der Waals surface area (Å²) in [6.45, 7) is 0.0345. The molecule has 2 fully saturated rings. The van der Waals surface area contributed by atoms with E-state index in [1.54, 1.807) is 54.6 Å². The van der Waals surface area contributed by atoms with E-state index >= 15 is 0 Å². The third kappa shape index (κ3) is 4.27. The number of imide groups is 2. The molecule has 0 aromatic heterocycles. The fourth-order valence-electron chi connectivity index (χ4n) is 5.97. The number of amides is 5. The zero-order valence-electron chi connectivity index (χ0n) is 23.2. The smallest absolute Gasteiger partial charge is 0.417 e. The Labute approximate surface area is 242 Å². The van der Waals surface area contributed by atoms with Crippen molar-refractivity contribution in [2.24, 2.45) is 0 Å². The van der Waals surface area contributed by atoms with Gasteiger partial charge in [0.2, 0.25) is 0 Å². The molecule has 2 heterocycles. The van der Waals surface area contributed by atoms with Crippen LogP contribution in [0.25, 0.3) is 0 Å². The van der Waals surface area contributed by atoms with Gasteiger partial charge >= 0.3 is 12.1 Å². The minimum atomic E-state index is -1.66. The Morgan fingerprint density at radius 2 is 1.50 bits per heavy atom. The van der Waals surface area contributed by atoms with E-state index in [0.29, 0.717) is 35.7 Å². The van der Waals surface area contributed by atoms with Crippen LogP contribution in [0.4, 0.5) is 21.0 Å². The number of methoxy groups -OCH3 is 2. The highest BCUT2D eigenvalue weighted by Crippen LogP contribution is 2.48. The van der Waals surface area contributed by atoms with E-state index in [2.05, 4.69) is 0 Å². The van der Waals surface area contributed by atoms with Gasteiger partial charge in [-0.25, -0.2) is 19.4 Å². The van der Waals surface area contributed by atoms with Crippen molar-refractivity contribution in [3.63, 3.8) is 0 Å². The number of carbonyl (C=O) groups excluding carboxylic acids is 4. The van der Waals surface area contributed by atoms with Gasteiger partial charge in [-0.05, 0) is 73.4 Å². The zero-order valence-corrected chi connectivity index (χ0v) is 23.2. The molecule has 6 rings (SSSR count). The van der Waals surface area contributed by atoms with Crippen LogP contribution in [0.3, 0.4) is 0 Å². The van der Waals surface area contributed by atoms with Crippen molar-refractivity contribution < 1.29 is 33.4 Å². The Hall–Kier alpha value is -5.12. The number of ether oxygens (including phenoxy) is 3. The second-order valence-corrected chi connectivity index (χ2v) is 10.3. The molecule has 0 saturated carbocycles. The topological polar surface area (TPSA) is 106 Å². The van der Waals surface area contributed by atoms with Crippen LogP contribution in [-0.4, -0.2) is 61.2 Å². The maximum Gasteiger partial charge on any atom is 0.417 e. The number of benzene rings is 3. The van der Waals surface area contributed by atoms with Gasteiger partial charge in [-0.2, -0.15) is 0 Å². The number of cyclic esters (lactones) is 1. The van der Waals surface area contributed by atoms with E-state index in [-0.39, 0.29) is 18.6 Å². The molecular formula is C32H29N3O7. The number of hydrogen-bond donors (Lipinski definition) is 0. The normalized spacial score (nSPS) is 21.7. The van der Waals surface area contributed by atoms with Crippen LogP contribution < -0.4 is 19.3 Å². The number of rotatable bonds is 7. The quantitative estimate of drug-likeness (QED) is 0.380. The molecule has 214 valence electrons. The Bertz CT molecular complexity index is 1570. The van der Waals surface area contributed by atoms with Crippen LogP contribution >= 0.6 is 0 Å². The van der Waals surface area contributed by atoms with Gasteiger partial charge in [-0.15, -0.1) is 0 Å². The largest absolute Gasteiger partial charge is 0.497 e.